The first kappa shape index (κ1) is 19.3. The van der Waals surface area contributed by atoms with Crippen molar-refractivity contribution in [2.24, 2.45) is 0 Å². The summed E-state index contributed by atoms with van der Waals surface area (Å²) in [5, 5.41) is 5.54. The van der Waals surface area contributed by atoms with Crippen LogP contribution in [0, 0.1) is 0 Å². The van der Waals surface area contributed by atoms with E-state index in [1.807, 2.05) is 30.3 Å². The average molecular weight is 356 g/mol. The molecular weight excluding hydrogens is 332 g/mol. The zero-order valence-electron chi connectivity index (χ0n) is 14.9. The number of hydrogen-bond acceptors (Lipinski definition) is 4. The molecule has 0 unspecified atom stereocenters. The second kappa shape index (κ2) is 10.8. The molecule has 0 spiro atoms. The van der Waals surface area contributed by atoms with E-state index in [-0.39, 0.29) is 11.8 Å². The van der Waals surface area contributed by atoms with E-state index in [4.69, 9.17) is 9.47 Å². The van der Waals surface area contributed by atoms with Crippen LogP contribution < -0.4 is 20.1 Å². The first-order valence-electron chi connectivity index (χ1n) is 8.56. The number of nitrogens with one attached hydrogen (secondary N) is 2. The van der Waals surface area contributed by atoms with Gasteiger partial charge in [0.05, 0.1) is 13.7 Å². The number of hydrogen-bond donors (Lipinski definition) is 2. The number of benzene rings is 2. The van der Waals surface area contributed by atoms with Crippen LogP contribution in [-0.4, -0.2) is 38.6 Å². The van der Waals surface area contributed by atoms with Crippen molar-refractivity contribution in [3.8, 4) is 11.5 Å². The third kappa shape index (κ3) is 6.84. The van der Waals surface area contributed by atoms with Gasteiger partial charge in [0.15, 0.2) is 0 Å². The summed E-state index contributed by atoms with van der Waals surface area (Å²) in [6.45, 7) is 1.25. The van der Waals surface area contributed by atoms with Crippen molar-refractivity contribution >= 4 is 11.8 Å². The third-order valence-electron chi connectivity index (χ3n) is 3.65. The van der Waals surface area contributed by atoms with Gasteiger partial charge in [-0.05, 0) is 42.8 Å². The van der Waals surface area contributed by atoms with E-state index < -0.39 is 0 Å². The van der Waals surface area contributed by atoms with E-state index in [0.717, 1.165) is 5.75 Å². The minimum atomic E-state index is -0.182. The lowest BCUT2D eigenvalue weighted by atomic mass is 10.2. The molecule has 2 N–H and O–H groups in total. The monoisotopic (exact) mass is 356 g/mol. The highest BCUT2D eigenvalue weighted by Crippen LogP contribution is 2.11. The topological polar surface area (TPSA) is 76.7 Å². The summed E-state index contributed by atoms with van der Waals surface area (Å²) < 4.78 is 10.6. The van der Waals surface area contributed by atoms with Crippen LogP contribution in [0.25, 0.3) is 0 Å². The van der Waals surface area contributed by atoms with E-state index in [0.29, 0.717) is 43.9 Å². The summed E-state index contributed by atoms with van der Waals surface area (Å²) >= 11 is 0. The smallest absolute Gasteiger partial charge is 0.251 e. The van der Waals surface area contributed by atoms with Gasteiger partial charge in [0.25, 0.3) is 5.91 Å². The average Bonchev–Trinajstić information content (AvgIpc) is 2.69. The van der Waals surface area contributed by atoms with Crippen LogP contribution in [-0.2, 0) is 4.79 Å². The highest BCUT2D eigenvalue weighted by molar-refractivity contribution is 5.94. The summed E-state index contributed by atoms with van der Waals surface area (Å²) in [6, 6.07) is 16.3. The van der Waals surface area contributed by atoms with Gasteiger partial charge >= 0.3 is 0 Å². The van der Waals surface area contributed by atoms with Crippen LogP contribution in [0.3, 0.4) is 0 Å². The normalized spacial score (nSPS) is 10.0. The van der Waals surface area contributed by atoms with Crippen molar-refractivity contribution in [1.29, 1.82) is 0 Å². The molecule has 0 aliphatic carbocycles. The third-order valence-corrected chi connectivity index (χ3v) is 3.65. The second-order valence-corrected chi connectivity index (χ2v) is 5.60. The Morgan fingerprint density at radius 3 is 2.27 bits per heavy atom. The minimum Gasteiger partial charge on any atom is -0.497 e. The fourth-order valence-corrected chi connectivity index (χ4v) is 2.25. The van der Waals surface area contributed by atoms with Crippen LogP contribution in [0.5, 0.6) is 11.5 Å². The fourth-order valence-electron chi connectivity index (χ4n) is 2.25. The van der Waals surface area contributed by atoms with Gasteiger partial charge in [-0.15, -0.1) is 0 Å². The molecule has 0 heterocycles. The molecular formula is C20H24N2O4. The molecule has 6 nitrogen and oxygen atoms in total. The molecule has 2 aromatic rings. The molecule has 2 rings (SSSR count). The van der Waals surface area contributed by atoms with Gasteiger partial charge in [-0.25, -0.2) is 0 Å². The van der Waals surface area contributed by atoms with Crippen LogP contribution in [0.2, 0.25) is 0 Å². The van der Waals surface area contributed by atoms with E-state index >= 15 is 0 Å². The molecule has 0 saturated carbocycles. The molecule has 0 aromatic heterocycles. The largest absolute Gasteiger partial charge is 0.497 e. The minimum absolute atomic E-state index is 0.0552. The Hall–Kier alpha value is -3.02. The summed E-state index contributed by atoms with van der Waals surface area (Å²) in [5.74, 6) is 1.26. The number of para-hydroxylation sites is 1. The molecule has 26 heavy (non-hydrogen) atoms. The Morgan fingerprint density at radius 2 is 1.58 bits per heavy atom. The molecule has 2 amide bonds. The zero-order chi connectivity index (χ0) is 18.6. The number of rotatable bonds is 10. The van der Waals surface area contributed by atoms with E-state index in [2.05, 4.69) is 10.6 Å². The van der Waals surface area contributed by atoms with Crippen molar-refractivity contribution in [3.63, 3.8) is 0 Å². The molecule has 0 fully saturated rings. The molecule has 0 aliphatic rings. The van der Waals surface area contributed by atoms with Gasteiger partial charge in [-0.1, -0.05) is 18.2 Å². The van der Waals surface area contributed by atoms with Gasteiger partial charge in [0, 0.05) is 25.1 Å². The van der Waals surface area contributed by atoms with Gasteiger partial charge in [0.2, 0.25) is 5.91 Å². The van der Waals surface area contributed by atoms with E-state index in [9.17, 15) is 9.59 Å². The number of ether oxygens (including phenoxy) is 2. The summed E-state index contributed by atoms with van der Waals surface area (Å²) in [5.41, 5.74) is 0.551. The fraction of sp³-hybridized carbons (Fsp3) is 0.300. The molecule has 0 saturated heterocycles. The van der Waals surface area contributed by atoms with Gasteiger partial charge in [0.1, 0.15) is 11.5 Å². The Bertz CT molecular complexity index is 687. The van der Waals surface area contributed by atoms with Crippen molar-refractivity contribution in [2.75, 3.05) is 26.8 Å². The van der Waals surface area contributed by atoms with Gasteiger partial charge < -0.3 is 20.1 Å². The maximum absolute atomic E-state index is 12.0. The first-order valence-corrected chi connectivity index (χ1v) is 8.56. The molecule has 0 atom stereocenters. The maximum atomic E-state index is 12.0. The van der Waals surface area contributed by atoms with Crippen LogP contribution in [0.15, 0.2) is 54.6 Å². The standard InChI is InChI=1S/C20H24N2O4/c1-25-17-11-9-16(10-12-17)20(24)22-14-13-21-19(23)8-5-15-26-18-6-3-2-4-7-18/h2-4,6-7,9-12H,5,8,13-15H2,1H3,(H,21,23)(H,22,24). The first-order chi connectivity index (χ1) is 12.7. The molecule has 6 heteroatoms. The lowest BCUT2D eigenvalue weighted by Gasteiger charge is -2.08. The Kier molecular flexibility index (Phi) is 7.99. The molecule has 138 valence electrons. The number of amides is 2. The SMILES string of the molecule is COc1ccc(C(=O)NCCNC(=O)CCCOc2ccccc2)cc1. The van der Waals surface area contributed by atoms with Crippen molar-refractivity contribution in [3.05, 3.63) is 60.2 Å². The van der Waals surface area contributed by atoms with Crippen molar-refractivity contribution < 1.29 is 19.1 Å². The quantitative estimate of drug-likeness (QED) is 0.641. The Balaban J connectivity index is 1.54. The molecule has 0 bridgehead atoms. The lowest BCUT2D eigenvalue weighted by molar-refractivity contribution is -0.121. The van der Waals surface area contributed by atoms with Crippen LogP contribution in [0.1, 0.15) is 23.2 Å². The zero-order valence-corrected chi connectivity index (χ0v) is 14.9. The maximum Gasteiger partial charge on any atom is 0.251 e. The van der Waals surface area contributed by atoms with Crippen molar-refractivity contribution in [1.82, 2.24) is 10.6 Å². The number of carbonyl (C=O) groups is 2. The molecule has 0 radical (unpaired) electrons. The molecule has 0 aliphatic heterocycles. The highest BCUT2D eigenvalue weighted by atomic mass is 16.5. The summed E-state index contributed by atoms with van der Waals surface area (Å²) in [4.78, 5) is 23.7. The number of carbonyl (C=O) groups excluding carboxylic acids is 2. The van der Waals surface area contributed by atoms with Gasteiger partial charge in [-0.3, -0.25) is 9.59 Å². The van der Waals surface area contributed by atoms with Gasteiger partial charge in [-0.2, -0.15) is 0 Å². The van der Waals surface area contributed by atoms with Crippen LogP contribution >= 0.6 is 0 Å². The predicted molar refractivity (Wildman–Crippen MR) is 99.5 cm³/mol. The predicted octanol–water partition coefficient (Wildman–Crippen LogP) is 2.40. The second-order valence-electron chi connectivity index (χ2n) is 5.60. The Morgan fingerprint density at radius 1 is 0.885 bits per heavy atom. The summed E-state index contributed by atoms with van der Waals surface area (Å²) in [7, 11) is 1.57. The lowest BCUT2D eigenvalue weighted by Crippen LogP contribution is -2.34. The van der Waals surface area contributed by atoms with E-state index in [1.165, 1.54) is 0 Å². The Labute approximate surface area is 153 Å². The van der Waals surface area contributed by atoms with Crippen LogP contribution in [0.4, 0.5) is 0 Å². The number of methoxy groups -OCH3 is 1. The molecule has 2 aromatic carbocycles. The van der Waals surface area contributed by atoms with E-state index in [1.54, 1.807) is 31.4 Å². The highest BCUT2D eigenvalue weighted by Gasteiger charge is 2.05. The van der Waals surface area contributed by atoms with Crippen molar-refractivity contribution in [2.45, 2.75) is 12.8 Å². The summed E-state index contributed by atoms with van der Waals surface area (Å²) in [6.07, 6.45) is 1.03.